The van der Waals surface area contributed by atoms with E-state index in [0.717, 1.165) is 19.6 Å². The molecule has 2 nitrogen and oxygen atoms in total. The van der Waals surface area contributed by atoms with E-state index in [0.29, 0.717) is 0 Å². The second-order valence-electron chi connectivity index (χ2n) is 5.76. The number of nitrogens with zero attached hydrogens (tertiary/aromatic N) is 1. The van der Waals surface area contributed by atoms with Gasteiger partial charge in [0.05, 0.1) is 0 Å². The van der Waals surface area contributed by atoms with Gasteiger partial charge in [-0.05, 0) is 55.4 Å². The van der Waals surface area contributed by atoms with Crippen molar-refractivity contribution in [3.63, 3.8) is 0 Å². The Morgan fingerprint density at radius 2 is 2.17 bits per heavy atom. The monoisotopic (exact) mass is 330 g/mol. The second-order valence-corrected chi connectivity index (χ2v) is 7.67. The van der Waals surface area contributed by atoms with Gasteiger partial charge in [0.15, 0.2) is 0 Å². The molecule has 1 heterocycles. The minimum absolute atomic E-state index is 0.153. The van der Waals surface area contributed by atoms with Crippen molar-refractivity contribution in [1.82, 2.24) is 10.2 Å². The Hall–Kier alpha value is -0.160. The van der Waals surface area contributed by atoms with Gasteiger partial charge in [0, 0.05) is 39.9 Å². The van der Waals surface area contributed by atoms with Crippen LogP contribution in [0.3, 0.4) is 0 Å². The van der Waals surface area contributed by atoms with Crippen molar-refractivity contribution < 1.29 is 0 Å². The molecular weight excluding hydrogens is 308 g/mol. The van der Waals surface area contributed by atoms with Gasteiger partial charge < -0.3 is 5.32 Å². The zero-order valence-corrected chi connectivity index (χ0v) is 14.1. The second kappa shape index (κ2) is 6.85. The van der Waals surface area contributed by atoms with Crippen molar-refractivity contribution in [3.05, 3.63) is 32.9 Å². The molecule has 102 valence electrons. The Morgan fingerprint density at radius 3 is 2.67 bits per heavy atom. The summed E-state index contributed by atoms with van der Waals surface area (Å²) in [7, 11) is 2.13. The number of nitrogens with one attached hydrogen (secondary N) is 1. The lowest BCUT2D eigenvalue weighted by Gasteiger charge is -2.23. The van der Waals surface area contributed by atoms with Crippen LogP contribution < -0.4 is 5.32 Å². The maximum Gasteiger partial charge on any atom is 0.0328 e. The fourth-order valence-corrected chi connectivity index (χ4v) is 3.12. The molecule has 0 spiro atoms. The minimum Gasteiger partial charge on any atom is -0.308 e. The molecule has 1 aromatic heterocycles. The fraction of sp³-hybridized carbons (Fsp3) is 0.571. The lowest BCUT2D eigenvalue weighted by atomic mass is 10.1. The number of hydrogen-bond donors (Lipinski definition) is 1. The van der Waals surface area contributed by atoms with Crippen LogP contribution in [0.5, 0.6) is 0 Å². The molecule has 4 heteroatoms. The molecule has 0 atom stereocenters. The molecule has 1 N–H and O–H groups in total. The Bertz CT molecular complexity index is 393. The first-order chi connectivity index (χ1) is 8.26. The highest BCUT2D eigenvalue weighted by Gasteiger charge is 2.10. The smallest absolute Gasteiger partial charge is 0.0328 e. The molecule has 0 amide bonds. The highest BCUT2D eigenvalue weighted by Crippen LogP contribution is 2.20. The van der Waals surface area contributed by atoms with Gasteiger partial charge in [0.25, 0.3) is 0 Å². The van der Waals surface area contributed by atoms with Crippen LogP contribution in [0.2, 0.25) is 0 Å². The van der Waals surface area contributed by atoms with Crippen LogP contribution in [-0.4, -0.2) is 30.6 Å². The largest absolute Gasteiger partial charge is 0.308 e. The number of hydrogen-bond acceptors (Lipinski definition) is 3. The van der Waals surface area contributed by atoms with E-state index in [9.17, 15) is 0 Å². The summed E-state index contributed by atoms with van der Waals surface area (Å²) in [4.78, 5) is 3.67. The summed E-state index contributed by atoms with van der Waals surface area (Å²) in [5.74, 6) is 0. The predicted octanol–water partition coefficient (Wildman–Crippen LogP) is 3.89. The molecule has 0 saturated heterocycles. The molecule has 0 aliphatic carbocycles. The normalized spacial score (nSPS) is 12.1. The van der Waals surface area contributed by atoms with Gasteiger partial charge in [0.1, 0.15) is 0 Å². The van der Waals surface area contributed by atoms with Crippen molar-refractivity contribution in [2.24, 2.45) is 0 Å². The third kappa shape index (κ3) is 6.69. The molecule has 0 radical (unpaired) electrons. The number of likely N-dealkylation sites (N-methyl/N-ethyl adjacent to an activating group) is 1. The van der Waals surface area contributed by atoms with Gasteiger partial charge in [-0.3, -0.25) is 4.90 Å². The van der Waals surface area contributed by atoms with Crippen LogP contribution in [0.15, 0.2) is 28.1 Å². The van der Waals surface area contributed by atoms with E-state index < -0.39 is 0 Å². The van der Waals surface area contributed by atoms with Crippen LogP contribution in [0.4, 0.5) is 0 Å². The minimum atomic E-state index is 0.153. The van der Waals surface area contributed by atoms with Gasteiger partial charge in [-0.15, -0.1) is 11.3 Å². The van der Waals surface area contributed by atoms with Gasteiger partial charge in [-0.25, -0.2) is 0 Å². The first kappa shape index (κ1) is 15.9. The van der Waals surface area contributed by atoms with Crippen molar-refractivity contribution in [1.29, 1.82) is 0 Å². The van der Waals surface area contributed by atoms with Crippen molar-refractivity contribution in [2.75, 3.05) is 20.1 Å². The lowest BCUT2D eigenvalue weighted by molar-refractivity contribution is 0.349. The maximum absolute atomic E-state index is 4.13. The SMILES string of the molecule is C=C(CNC(C)(C)C)CN(C)Cc1cc(Br)cs1. The van der Waals surface area contributed by atoms with E-state index in [2.05, 4.69) is 72.0 Å². The van der Waals surface area contributed by atoms with E-state index in [1.54, 1.807) is 11.3 Å². The summed E-state index contributed by atoms with van der Waals surface area (Å²) in [5.41, 5.74) is 1.38. The fourth-order valence-electron chi connectivity index (χ4n) is 1.59. The molecule has 18 heavy (non-hydrogen) atoms. The number of thiophene rings is 1. The summed E-state index contributed by atoms with van der Waals surface area (Å²) >= 11 is 5.27. The zero-order valence-electron chi connectivity index (χ0n) is 11.7. The molecule has 0 aliphatic heterocycles. The molecule has 1 rings (SSSR count). The van der Waals surface area contributed by atoms with E-state index in [-0.39, 0.29) is 5.54 Å². The molecule has 0 bridgehead atoms. The molecule has 0 saturated carbocycles. The van der Waals surface area contributed by atoms with Crippen LogP contribution in [0.1, 0.15) is 25.6 Å². The molecule has 0 aliphatic rings. The third-order valence-electron chi connectivity index (χ3n) is 2.41. The highest BCUT2D eigenvalue weighted by atomic mass is 79.9. The van der Waals surface area contributed by atoms with E-state index >= 15 is 0 Å². The van der Waals surface area contributed by atoms with Crippen molar-refractivity contribution in [3.8, 4) is 0 Å². The number of rotatable bonds is 6. The summed E-state index contributed by atoms with van der Waals surface area (Å²) in [5, 5.41) is 5.59. The quantitative estimate of drug-likeness (QED) is 0.796. The Balaban J connectivity index is 2.31. The molecule has 0 unspecified atom stereocenters. The number of halogens is 1. The van der Waals surface area contributed by atoms with Gasteiger partial charge in [-0.2, -0.15) is 0 Å². The summed E-state index contributed by atoms with van der Waals surface area (Å²) in [6.07, 6.45) is 0. The van der Waals surface area contributed by atoms with Crippen LogP contribution in [0, 0.1) is 0 Å². The summed E-state index contributed by atoms with van der Waals surface area (Å²) in [6, 6.07) is 2.18. The van der Waals surface area contributed by atoms with Crippen LogP contribution in [-0.2, 0) is 6.54 Å². The van der Waals surface area contributed by atoms with Crippen LogP contribution >= 0.6 is 27.3 Å². The molecule has 0 fully saturated rings. The average molecular weight is 331 g/mol. The Labute approximate surface area is 123 Å². The molecule has 0 aromatic carbocycles. The lowest BCUT2D eigenvalue weighted by Crippen LogP contribution is -2.38. The van der Waals surface area contributed by atoms with Crippen molar-refractivity contribution >= 4 is 27.3 Å². The third-order valence-corrected chi connectivity index (χ3v) is 4.09. The average Bonchev–Trinajstić information content (AvgIpc) is 2.59. The summed E-state index contributed by atoms with van der Waals surface area (Å²) < 4.78 is 1.17. The van der Waals surface area contributed by atoms with E-state index in [1.165, 1.54) is 14.9 Å². The topological polar surface area (TPSA) is 15.3 Å². The first-order valence-electron chi connectivity index (χ1n) is 6.09. The van der Waals surface area contributed by atoms with E-state index in [1.807, 2.05) is 0 Å². The molecule has 1 aromatic rings. The van der Waals surface area contributed by atoms with Gasteiger partial charge in [0.2, 0.25) is 0 Å². The van der Waals surface area contributed by atoms with Crippen molar-refractivity contribution in [2.45, 2.75) is 32.9 Å². The van der Waals surface area contributed by atoms with Crippen LogP contribution in [0.25, 0.3) is 0 Å². The first-order valence-corrected chi connectivity index (χ1v) is 7.76. The van der Waals surface area contributed by atoms with E-state index in [4.69, 9.17) is 0 Å². The maximum atomic E-state index is 4.13. The highest BCUT2D eigenvalue weighted by molar-refractivity contribution is 9.10. The summed E-state index contributed by atoms with van der Waals surface area (Å²) in [6.45, 7) is 13.4. The van der Waals surface area contributed by atoms with Gasteiger partial charge in [-0.1, -0.05) is 6.58 Å². The van der Waals surface area contributed by atoms with Gasteiger partial charge >= 0.3 is 0 Å². The zero-order chi connectivity index (χ0) is 13.8. The molecular formula is C14H23BrN2S. The predicted molar refractivity (Wildman–Crippen MR) is 85.2 cm³/mol. The standard InChI is InChI=1S/C14H23BrN2S/c1-11(7-16-14(2,3)4)8-17(5)9-13-6-12(15)10-18-13/h6,10,16H,1,7-9H2,2-5H3. The Morgan fingerprint density at radius 1 is 1.50 bits per heavy atom. The Kier molecular flexibility index (Phi) is 6.05.